The van der Waals surface area contributed by atoms with Crippen LogP contribution >= 0.6 is 11.8 Å². The van der Waals surface area contributed by atoms with Gasteiger partial charge in [0.2, 0.25) is 5.95 Å². The number of aliphatic hydroxyl groups is 1. The van der Waals surface area contributed by atoms with E-state index in [-0.39, 0.29) is 19.1 Å². The number of carboxylic acids is 1. The number of anilines is 1. The van der Waals surface area contributed by atoms with E-state index in [2.05, 4.69) is 15.0 Å². The maximum atomic E-state index is 13.3. The number of benzene rings is 1. The Kier molecular flexibility index (Phi) is 5.06. The molecular weight excluding hydrogens is 423 g/mol. The quantitative estimate of drug-likeness (QED) is 0.598. The first kappa shape index (κ1) is 20.4. The van der Waals surface area contributed by atoms with Crippen LogP contribution in [0.2, 0.25) is 0 Å². The zero-order valence-corrected chi connectivity index (χ0v) is 16.5. The lowest BCUT2D eigenvalue weighted by molar-refractivity contribution is -0.141. The van der Waals surface area contributed by atoms with Gasteiger partial charge in [0.05, 0.1) is 24.2 Å². The predicted molar refractivity (Wildman–Crippen MR) is 102 cm³/mol. The molecule has 0 aliphatic carbocycles. The van der Waals surface area contributed by atoms with Crippen molar-refractivity contribution in [2.75, 3.05) is 17.7 Å². The molecule has 2 N–H and O–H groups in total. The van der Waals surface area contributed by atoms with Crippen LogP contribution in [0.25, 0.3) is 11.0 Å². The SMILES string of the molecule is CSc1cc2c(cc1CO)nc1n2CCN(c2ncc(C(=O)O)c(C(F)(F)F)n2)C1. The third kappa shape index (κ3) is 3.45. The highest BCUT2D eigenvalue weighted by Gasteiger charge is 2.39. The van der Waals surface area contributed by atoms with Crippen LogP contribution in [0.4, 0.5) is 19.1 Å². The zero-order valence-electron chi connectivity index (χ0n) is 15.6. The average molecular weight is 439 g/mol. The molecular formula is C18H16F3N5O3S. The average Bonchev–Trinajstić information content (AvgIpc) is 3.07. The Morgan fingerprint density at radius 2 is 2.03 bits per heavy atom. The van der Waals surface area contributed by atoms with Crippen LogP contribution in [0, 0.1) is 0 Å². The monoisotopic (exact) mass is 439 g/mol. The van der Waals surface area contributed by atoms with Gasteiger partial charge in [-0.3, -0.25) is 0 Å². The third-order valence-electron chi connectivity index (χ3n) is 4.88. The van der Waals surface area contributed by atoms with Crippen molar-refractivity contribution in [3.05, 3.63) is 41.0 Å². The second kappa shape index (κ2) is 7.43. The lowest BCUT2D eigenvalue weighted by Gasteiger charge is -2.28. The molecule has 0 amide bonds. The Balaban J connectivity index is 1.72. The molecule has 1 aliphatic heterocycles. The molecule has 0 spiro atoms. The number of carboxylic acid groups (broad SMARTS) is 1. The fourth-order valence-corrected chi connectivity index (χ4v) is 4.08. The van der Waals surface area contributed by atoms with Crippen LogP contribution in [0.3, 0.4) is 0 Å². The molecule has 3 heterocycles. The summed E-state index contributed by atoms with van der Waals surface area (Å²) in [6, 6.07) is 3.74. The van der Waals surface area contributed by atoms with E-state index in [1.807, 2.05) is 16.9 Å². The Morgan fingerprint density at radius 1 is 1.27 bits per heavy atom. The molecule has 0 fully saturated rings. The van der Waals surface area contributed by atoms with Gasteiger partial charge < -0.3 is 19.7 Å². The largest absolute Gasteiger partial charge is 0.478 e. The first-order chi connectivity index (χ1) is 14.2. The summed E-state index contributed by atoms with van der Waals surface area (Å²) in [7, 11) is 0. The molecule has 1 aliphatic rings. The fraction of sp³-hybridized carbons (Fsp3) is 0.333. The van der Waals surface area contributed by atoms with Gasteiger partial charge in [-0.05, 0) is 24.0 Å². The van der Waals surface area contributed by atoms with Crippen LogP contribution in [-0.4, -0.2) is 48.5 Å². The van der Waals surface area contributed by atoms with Gasteiger partial charge in [-0.15, -0.1) is 11.8 Å². The molecule has 0 atom stereocenters. The number of halogens is 3. The maximum absolute atomic E-state index is 13.3. The topological polar surface area (TPSA) is 104 Å². The van der Waals surface area contributed by atoms with Crippen molar-refractivity contribution in [3.8, 4) is 0 Å². The highest BCUT2D eigenvalue weighted by Crippen LogP contribution is 2.33. The second-order valence-corrected chi connectivity index (χ2v) is 7.50. The van der Waals surface area contributed by atoms with Crippen LogP contribution < -0.4 is 4.90 Å². The number of imidazole rings is 1. The van der Waals surface area contributed by atoms with Crippen molar-refractivity contribution in [3.63, 3.8) is 0 Å². The number of nitrogens with zero attached hydrogens (tertiary/aromatic N) is 5. The summed E-state index contributed by atoms with van der Waals surface area (Å²) < 4.78 is 41.8. The third-order valence-corrected chi connectivity index (χ3v) is 5.70. The van der Waals surface area contributed by atoms with E-state index in [9.17, 15) is 23.1 Å². The van der Waals surface area contributed by atoms with Crippen molar-refractivity contribution in [2.24, 2.45) is 0 Å². The molecule has 2 aromatic heterocycles. The molecule has 0 saturated heterocycles. The zero-order chi connectivity index (χ0) is 21.6. The Morgan fingerprint density at radius 3 is 2.67 bits per heavy atom. The summed E-state index contributed by atoms with van der Waals surface area (Å²) in [5.74, 6) is -1.32. The van der Waals surface area contributed by atoms with E-state index >= 15 is 0 Å². The fourth-order valence-electron chi connectivity index (χ4n) is 3.47. The molecule has 0 bridgehead atoms. The van der Waals surface area contributed by atoms with Crippen molar-refractivity contribution in [1.82, 2.24) is 19.5 Å². The van der Waals surface area contributed by atoms with Crippen LogP contribution in [0.1, 0.15) is 27.4 Å². The molecule has 3 aromatic rings. The molecule has 1 aromatic carbocycles. The smallest absolute Gasteiger partial charge is 0.434 e. The molecule has 0 saturated carbocycles. The van der Waals surface area contributed by atoms with Gasteiger partial charge in [0.25, 0.3) is 0 Å². The number of carbonyl (C=O) groups is 1. The van der Waals surface area contributed by atoms with Crippen LogP contribution in [0.15, 0.2) is 23.2 Å². The minimum absolute atomic E-state index is 0.121. The maximum Gasteiger partial charge on any atom is 0.434 e. The van der Waals surface area contributed by atoms with Crippen molar-refractivity contribution < 1.29 is 28.2 Å². The van der Waals surface area contributed by atoms with Gasteiger partial charge in [-0.25, -0.2) is 19.7 Å². The molecule has 8 nitrogen and oxygen atoms in total. The van der Waals surface area contributed by atoms with E-state index in [1.165, 1.54) is 16.7 Å². The van der Waals surface area contributed by atoms with Gasteiger partial charge in [0.1, 0.15) is 11.4 Å². The number of aliphatic hydroxyl groups excluding tert-OH is 1. The molecule has 12 heteroatoms. The van der Waals surface area contributed by atoms with E-state index in [0.29, 0.717) is 30.6 Å². The number of rotatable bonds is 4. The van der Waals surface area contributed by atoms with Crippen LogP contribution in [0.5, 0.6) is 0 Å². The van der Waals surface area contributed by atoms with Crippen LogP contribution in [-0.2, 0) is 25.9 Å². The van der Waals surface area contributed by atoms with E-state index in [4.69, 9.17) is 5.11 Å². The van der Waals surface area contributed by atoms with Gasteiger partial charge in [0, 0.05) is 24.2 Å². The number of thioether (sulfide) groups is 1. The number of fused-ring (bicyclic) bond motifs is 3. The Labute approximate surface area is 172 Å². The first-order valence-corrected chi connectivity index (χ1v) is 10.0. The van der Waals surface area contributed by atoms with Crippen molar-refractivity contribution in [2.45, 2.75) is 30.8 Å². The predicted octanol–water partition coefficient (Wildman–Crippen LogP) is 2.78. The molecule has 158 valence electrons. The second-order valence-electron chi connectivity index (χ2n) is 6.65. The number of aromatic carboxylic acids is 1. The number of alkyl halides is 3. The molecule has 0 radical (unpaired) electrons. The highest BCUT2D eigenvalue weighted by atomic mass is 32.2. The Hall–Kier alpha value is -2.86. The van der Waals surface area contributed by atoms with Gasteiger partial charge >= 0.3 is 12.1 Å². The summed E-state index contributed by atoms with van der Waals surface area (Å²) in [4.78, 5) is 25.5. The summed E-state index contributed by atoms with van der Waals surface area (Å²) in [5, 5.41) is 18.5. The number of hydrogen-bond donors (Lipinski definition) is 2. The summed E-state index contributed by atoms with van der Waals surface area (Å²) in [6.45, 7) is 0.827. The summed E-state index contributed by atoms with van der Waals surface area (Å²) in [5.41, 5.74) is -0.145. The minimum atomic E-state index is -4.91. The Bertz CT molecular complexity index is 1150. The highest BCUT2D eigenvalue weighted by molar-refractivity contribution is 7.98. The van der Waals surface area contributed by atoms with E-state index in [1.54, 1.807) is 6.07 Å². The number of aromatic nitrogens is 4. The first-order valence-electron chi connectivity index (χ1n) is 8.82. The standard InChI is InChI=1S/C18H16F3N5O3S/c1-30-13-5-12-11(4-9(13)8-27)23-14-7-25(2-3-26(12)14)17-22-6-10(16(28)29)15(24-17)18(19,20)21/h4-6,27H,2-3,7-8H2,1H3,(H,28,29). The van der Waals surface area contributed by atoms with Crippen molar-refractivity contribution in [1.29, 1.82) is 0 Å². The van der Waals surface area contributed by atoms with E-state index < -0.39 is 23.4 Å². The van der Waals surface area contributed by atoms with Gasteiger partial charge in [-0.1, -0.05) is 0 Å². The molecule has 0 unspecified atom stereocenters. The normalized spacial score (nSPS) is 14.2. The van der Waals surface area contributed by atoms with E-state index in [0.717, 1.165) is 16.0 Å². The lowest BCUT2D eigenvalue weighted by Crippen LogP contribution is -2.35. The van der Waals surface area contributed by atoms with Gasteiger partial charge in [-0.2, -0.15) is 13.2 Å². The minimum Gasteiger partial charge on any atom is -0.478 e. The molecule has 30 heavy (non-hydrogen) atoms. The summed E-state index contributed by atoms with van der Waals surface area (Å²) in [6.07, 6.45) is -2.32. The van der Waals surface area contributed by atoms with Crippen molar-refractivity contribution >= 4 is 34.7 Å². The lowest BCUT2D eigenvalue weighted by atomic mass is 10.2. The van der Waals surface area contributed by atoms with Gasteiger partial charge in [0.15, 0.2) is 5.69 Å². The molecule has 4 rings (SSSR count). The number of hydrogen-bond acceptors (Lipinski definition) is 7. The summed E-state index contributed by atoms with van der Waals surface area (Å²) >= 11 is 1.51.